The topological polar surface area (TPSA) is 71.3 Å². The highest BCUT2D eigenvalue weighted by molar-refractivity contribution is 5.95. The van der Waals surface area contributed by atoms with E-state index in [1.165, 1.54) is 19.3 Å². The highest BCUT2D eigenvalue weighted by Crippen LogP contribution is 2.25. The van der Waals surface area contributed by atoms with E-state index >= 15 is 0 Å². The zero-order chi connectivity index (χ0) is 22.1. The number of anilines is 1. The van der Waals surface area contributed by atoms with Gasteiger partial charge in [-0.2, -0.15) is 0 Å². The van der Waals surface area contributed by atoms with Gasteiger partial charge in [0.05, 0.1) is 11.4 Å². The number of carbonyl (C=O) groups is 1. The van der Waals surface area contributed by atoms with Crippen LogP contribution in [0.1, 0.15) is 46.4 Å². The van der Waals surface area contributed by atoms with Crippen LogP contribution in [0, 0.1) is 13.8 Å². The number of hydrogen-bond acceptors (Lipinski definition) is 4. The van der Waals surface area contributed by atoms with Gasteiger partial charge in [0.25, 0.3) is 5.91 Å². The Balaban J connectivity index is 1.32. The molecule has 0 spiro atoms. The number of nitrogens with zero attached hydrogens (tertiary/aromatic N) is 3. The maximum atomic E-state index is 12.8. The lowest BCUT2D eigenvalue weighted by Crippen LogP contribution is -2.26. The molecular formula is C26H27N5O. The third-order valence-corrected chi connectivity index (χ3v) is 6.14. The number of hydrogen-bond donors (Lipinski definition) is 2. The van der Waals surface area contributed by atoms with Crippen LogP contribution in [0.25, 0.3) is 16.9 Å². The highest BCUT2D eigenvalue weighted by Gasteiger charge is 2.17. The molecule has 1 aliphatic rings. The number of aryl methyl sites for hydroxylation is 2. The summed E-state index contributed by atoms with van der Waals surface area (Å²) in [5.41, 5.74) is 7.50. The summed E-state index contributed by atoms with van der Waals surface area (Å²) in [6, 6.07) is 14.3. The third kappa shape index (κ3) is 4.21. The van der Waals surface area contributed by atoms with E-state index in [1.807, 2.05) is 67.0 Å². The largest absolute Gasteiger partial charge is 0.381 e. The maximum Gasteiger partial charge on any atom is 0.251 e. The summed E-state index contributed by atoms with van der Waals surface area (Å²) in [6.45, 7) is 4.45. The molecule has 1 amide bonds. The van der Waals surface area contributed by atoms with E-state index in [0.717, 1.165) is 39.4 Å². The lowest BCUT2D eigenvalue weighted by molar-refractivity contribution is 0.0951. The van der Waals surface area contributed by atoms with Crippen molar-refractivity contribution in [3.63, 3.8) is 0 Å². The summed E-state index contributed by atoms with van der Waals surface area (Å²) in [7, 11) is 0. The van der Waals surface area contributed by atoms with Gasteiger partial charge in [-0.1, -0.05) is 12.1 Å². The van der Waals surface area contributed by atoms with Crippen LogP contribution in [-0.2, 0) is 6.54 Å². The fourth-order valence-electron chi connectivity index (χ4n) is 4.01. The number of imidazole rings is 1. The average molecular weight is 426 g/mol. The molecule has 0 atom stereocenters. The van der Waals surface area contributed by atoms with Crippen LogP contribution in [0.3, 0.4) is 0 Å². The number of aromatic nitrogens is 3. The van der Waals surface area contributed by atoms with Crippen LogP contribution in [0.2, 0.25) is 0 Å². The summed E-state index contributed by atoms with van der Waals surface area (Å²) < 4.78 is 2.04. The number of carbonyl (C=O) groups excluding carboxylic acids is 1. The second-order valence-corrected chi connectivity index (χ2v) is 8.60. The molecule has 1 aromatic carbocycles. The van der Waals surface area contributed by atoms with Crippen molar-refractivity contribution in [2.45, 2.75) is 45.7 Å². The Bertz CT molecular complexity index is 1290. The van der Waals surface area contributed by atoms with Crippen LogP contribution in [0.4, 0.5) is 5.69 Å². The minimum atomic E-state index is -0.109. The van der Waals surface area contributed by atoms with Crippen LogP contribution in [0.5, 0.6) is 0 Å². The van der Waals surface area contributed by atoms with Crippen molar-refractivity contribution in [1.29, 1.82) is 0 Å². The first-order valence-corrected chi connectivity index (χ1v) is 11.1. The van der Waals surface area contributed by atoms with E-state index in [1.54, 1.807) is 0 Å². The standard InChI is InChI=1S/C26H27N5O/c1-17-11-18(2)27-13-21(17)14-28-26(32)20-6-3-5-19(12-20)24-16-31-15-23(9-10-25(31)30-24)29-22-7-4-8-22/h3,5-6,9-13,15-16,22,29H,4,7-8,14H2,1-2H3,(H,28,32). The van der Waals surface area contributed by atoms with E-state index in [9.17, 15) is 4.79 Å². The molecule has 1 aliphatic carbocycles. The van der Waals surface area contributed by atoms with Crippen molar-refractivity contribution in [2.24, 2.45) is 0 Å². The summed E-state index contributed by atoms with van der Waals surface area (Å²) in [6.07, 6.45) is 9.70. The van der Waals surface area contributed by atoms with Crippen LogP contribution in [0.15, 0.2) is 61.1 Å². The molecule has 0 saturated heterocycles. The number of nitrogens with one attached hydrogen (secondary N) is 2. The Morgan fingerprint density at radius 1 is 1.12 bits per heavy atom. The minimum Gasteiger partial charge on any atom is -0.381 e. The SMILES string of the molecule is Cc1cc(C)c(CNC(=O)c2cccc(-c3cn4cc(NC5CCC5)ccc4n3)c2)cn1. The molecule has 3 aromatic heterocycles. The van der Waals surface area contributed by atoms with Gasteiger partial charge in [0.1, 0.15) is 5.65 Å². The molecule has 3 heterocycles. The maximum absolute atomic E-state index is 12.8. The van der Waals surface area contributed by atoms with Gasteiger partial charge < -0.3 is 15.0 Å². The number of amides is 1. The second kappa shape index (κ2) is 8.46. The van der Waals surface area contributed by atoms with E-state index in [4.69, 9.17) is 4.98 Å². The normalized spacial score (nSPS) is 13.7. The number of rotatable bonds is 6. The van der Waals surface area contributed by atoms with E-state index in [2.05, 4.69) is 27.9 Å². The first-order chi connectivity index (χ1) is 15.5. The molecule has 1 saturated carbocycles. The Morgan fingerprint density at radius 2 is 2.00 bits per heavy atom. The fraction of sp³-hybridized carbons (Fsp3) is 0.269. The molecule has 0 radical (unpaired) electrons. The zero-order valence-corrected chi connectivity index (χ0v) is 18.4. The second-order valence-electron chi connectivity index (χ2n) is 8.60. The fourth-order valence-corrected chi connectivity index (χ4v) is 4.01. The third-order valence-electron chi connectivity index (χ3n) is 6.14. The quantitative estimate of drug-likeness (QED) is 0.461. The first-order valence-electron chi connectivity index (χ1n) is 11.1. The predicted octanol–water partition coefficient (Wildman–Crippen LogP) is 4.91. The Kier molecular flexibility index (Phi) is 5.35. The summed E-state index contributed by atoms with van der Waals surface area (Å²) >= 11 is 0. The molecule has 32 heavy (non-hydrogen) atoms. The van der Waals surface area contributed by atoms with Gasteiger partial charge in [0, 0.05) is 48.0 Å². The van der Waals surface area contributed by atoms with Gasteiger partial charge in [-0.15, -0.1) is 0 Å². The lowest BCUT2D eigenvalue weighted by atomic mass is 9.93. The molecule has 1 fully saturated rings. The molecule has 5 rings (SSSR count). The average Bonchev–Trinajstić information content (AvgIpc) is 3.19. The number of fused-ring (bicyclic) bond motifs is 1. The van der Waals surface area contributed by atoms with Crippen molar-refractivity contribution in [2.75, 3.05) is 5.32 Å². The van der Waals surface area contributed by atoms with Crippen molar-refractivity contribution < 1.29 is 4.79 Å². The van der Waals surface area contributed by atoms with E-state index < -0.39 is 0 Å². The minimum absolute atomic E-state index is 0.109. The molecule has 0 unspecified atom stereocenters. The summed E-state index contributed by atoms with van der Waals surface area (Å²) in [5, 5.41) is 6.58. The Labute approximate surface area is 187 Å². The van der Waals surface area contributed by atoms with Crippen molar-refractivity contribution >= 4 is 17.2 Å². The van der Waals surface area contributed by atoms with Gasteiger partial charge in [0.15, 0.2) is 0 Å². The smallest absolute Gasteiger partial charge is 0.251 e. The summed E-state index contributed by atoms with van der Waals surface area (Å²) in [5.74, 6) is -0.109. The molecule has 4 aromatic rings. The Hall–Kier alpha value is -3.67. The molecule has 6 nitrogen and oxygen atoms in total. The van der Waals surface area contributed by atoms with Gasteiger partial charge in [0.2, 0.25) is 0 Å². The molecular weight excluding hydrogens is 398 g/mol. The van der Waals surface area contributed by atoms with Crippen LogP contribution < -0.4 is 10.6 Å². The van der Waals surface area contributed by atoms with Crippen LogP contribution in [-0.4, -0.2) is 26.3 Å². The first kappa shape index (κ1) is 20.2. The van der Waals surface area contributed by atoms with Crippen molar-refractivity contribution in [1.82, 2.24) is 19.7 Å². The van der Waals surface area contributed by atoms with Gasteiger partial charge in [-0.05, 0) is 74.6 Å². The van der Waals surface area contributed by atoms with Gasteiger partial charge in [-0.25, -0.2) is 4.98 Å². The number of benzene rings is 1. The monoisotopic (exact) mass is 425 g/mol. The van der Waals surface area contributed by atoms with Crippen molar-refractivity contribution in [3.8, 4) is 11.3 Å². The molecule has 2 N–H and O–H groups in total. The van der Waals surface area contributed by atoms with Crippen molar-refractivity contribution in [3.05, 3.63) is 83.4 Å². The zero-order valence-electron chi connectivity index (χ0n) is 18.4. The molecule has 162 valence electrons. The lowest BCUT2D eigenvalue weighted by Gasteiger charge is -2.27. The van der Waals surface area contributed by atoms with Crippen LogP contribution >= 0.6 is 0 Å². The molecule has 0 bridgehead atoms. The Morgan fingerprint density at radius 3 is 2.78 bits per heavy atom. The van der Waals surface area contributed by atoms with E-state index in [0.29, 0.717) is 18.2 Å². The number of pyridine rings is 2. The molecule has 6 heteroatoms. The predicted molar refractivity (Wildman–Crippen MR) is 127 cm³/mol. The van der Waals surface area contributed by atoms with E-state index in [-0.39, 0.29) is 5.91 Å². The highest BCUT2D eigenvalue weighted by atomic mass is 16.1. The van der Waals surface area contributed by atoms with Gasteiger partial charge in [-0.3, -0.25) is 9.78 Å². The summed E-state index contributed by atoms with van der Waals surface area (Å²) in [4.78, 5) is 21.8. The molecule has 0 aliphatic heterocycles. The van der Waals surface area contributed by atoms with Gasteiger partial charge >= 0.3 is 0 Å².